The molecule has 0 spiro atoms. The number of aliphatic hydroxyl groups is 1. The monoisotopic (exact) mass is 198 g/mol. The first-order valence-electron chi connectivity index (χ1n) is 5.20. The molecule has 3 heteroatoms. The molecule has 14 heavy (non-hydrogen) atoms. The van der Waals surface area contributed by atoms with Crippen LogP contribution in [-0.2, 0) is 9.53 Å². The largest absolute Gasteiger partial charge is 0.459 e. The van der Waals surface area contributed by atoms with Gasteiger partial charge in [0.2, 0.25) is 0 Å². The lowest BCUT2D eigenvalue weighted by atomic mass is 9.61. The number of fused-ring (bicyclic) bond motifs is 1. The minimum atomic E-state index is -0.491. The second-order valence-corrected chi connectivity index (χ2v) is 5.85. The maximum Gasteiger partial charge on any atom is 0.306 e. The van der Waals surface area contributed by atoms with Crippen molar-refractivity contribution in [2.45, 2.75) is 52.2 Å². The van der Waals surface area contributed by atoms with Crippen molar-refractivity contribution in [2.75, 3.05) is 0 Å². The highest BCUT2D eigenvalue weighted by Crippen LogP contribution is 2.52. The van der Waals surface area contributed by atoms with Crippen LogP contribution in [0.4, 0.5) is 0 Å². The summed E-state index contributed by atoms with van der Waals surface area (Å²) >= 11 is 0. The molecule has 0 aromatic heterocycles. The van der Waals surface area contributed by atoms with Crippen LogP contribution in [0.5, 0.6) is 0 Å². The van der Waals surface area contributed by atoms with E-state index >= 15 is 0 Å². The predicted molar refractivity (Wildman–Crippen MR) is 51.6 cm³/mol. The van der Waals surface area contributed by atoms with Crippen LogP contribution >= 0.6 is 0 Å². The molecule has 2 fully saturated rings. The van der Waals surface area contributed by atoms with Crippen LogP contribution in [0.3, 0.4) is 0 Å². The minimum Gasteiger partial charge on any atom is -0.459 e. The van der Waals surface area contributed by atoms with Gasteiger partial charge in [-0.1, -0.05) is 20.8 Å². The van der Waals surface area contributed by atoms with E-state index in [1.165, 1.54) is 0 Å². The highest BCUT2D eigenvalue weighted by Gasteiger charge is 2.55. The Bertz CT molecular complexity index is 272. The van der Waals surface area contributed by atoms with Gasteiger partial charge in [-0.3, -0.25) is 4.79 Å². The summed E-state index contributed by atoms with van der Waals surface area (Å²) in [6.07, 6.45) is 1.37. The molecule has 1 aliphatic carbocycles. The van der Waals surface area contributed by atoms with Crippen LogP contribution in [0, 0.1) is 10.8 Å². The van der Waals surface area contributed by atoms with Gasteiger partial charge < -0.3 is 9.84 Å². The van der Waals surface area contributed by atoms with E-state index in [-0.39, 0.29) is 22.9 Å². The van der Waals surface area contributed by atoms with Crippen molar-refractivity contribution < 1.29 is 14.6 Å². The predicted octanol–water partition coefficient (Wildman–Crippen LogP) is 1.49. The summed E-state index contributed by atoms with van der Waals surface area (Å²) < 4.78 is 5.18. The molecule has 80 valence electrons. The molecule has 0 unspecified atom stereocenters. The van der Waals surface area contributed by atoms with E-state index in [0.717, 1.165) is 12.8 Å². The normalized spacial score (nSPS) is 45.9. The molecule has 1 aliphatic heterocycles. The highest BCUT2D eigenvalue weighted by atomic mass is 16.6. The third-order valence-corrected chi connectivity index (χ3v) is 3.49. The number of esters is 1. The summed E-state index contributed by atoms with van der Waals surface area (Å²) in [6, 6.07) is 0. The zero-order valence-electron chi connectivity index (χ0n) is 9.04. The van der Waals surface area contributed by atoms with Gasteiger partial charge in [-0.2, -0.15) is 0 Å². The van der Waals surface area contributed by atoms with Gasteiger partial charge in [-0.15, -0.1) is 0 Å². The summed E-state index contributed by atoms with van der Waals surface area (Å²) in [4.78, 5) is 11.2. The average molecular weight is 198 g/mol. The van der Waals surface area contributed by atoms with E-state index in [1.54, 1.807) is 0 Å². The number of hydrogen-bond donors (Lipinski definition) is 1. The second kappa shape index (κ2) is 2.72. The van der Waals surface area contributed by atoms with Gasteiger partial charge in [-0.25, -0.2) is 0 Å². The fourth-order valence-corrected chi connectivity index (χ4v) is 3.30. The Morgan fingerprint density at radius 1 is 1.43 bits per heavy atom. The van der Waals surface area contributed by atoms with Crippen LogP contribution in [0.2, 0.25) is 0 Å². The Morgan fingerprint density at radius 2 is 2.07 bits per heavy atom. The quantitative estimate of drug-likeness (QED) is 0.600. The first-order chi connectivity index (χ1) is 6.32. The van der Waals surface area contributed by atoms with Crippen molar-refractivity contribution in [3.05, 3.63) is 0 Å². The molecule has 0 radical (unpaired) electrons. The smallest absolute Gasteiger partial charge is 0.306 e. The van der Waals surface area contributed by atoms with Crippen molar-refractivity contribution in [1.29, 1.82) is 0 Å². The van der Waals surface area contributed by atoms with Crippen LogP contribution in [-0.4, -0.2) is 23.3 Å². The molecule has 0 aromatic carbocycles. The molecular formula is C11H18O3. The van der Waals surface area contributed by atoms with E-state index in [9.17, 15) is 9.90 Å². The summed E-state index contributed by atoms with van der Waals surface area (Å²) in [7, 11) is 0. The molecule has 1 heterocycles. The Kier molecular flexibility index (Phi) is 1.94. The van der Waals surface area contributed by atoms with Gasteiger partial charge in [-0.05, 0) is 18.3 Å². The maximum atomic E-state index is 11.2. The lowest BCUT2D eigenvalue weighted by molar-refractivity contribution is -0.152. The topological polar surface area (TPSA) is 46.5 Å². The van der Waals surface area contributed by atoms with Crippen molar-refractivity contribution in [2.24, 2.45) is 10.8 Å². The molecule has 1 saturated heterocycles. The summed E-state index contributed by atoms with van der Waals surface area (Å²) in [5.74, 6) is -0.158. The summed E-state index contributed by atoms with van der Waals surface area (Å²) in [6.45, 7) is 6.33. The Morgan fingerprint density at radius 3 is 2.71 bits per heavy atom. The van der Waals surface area contributed by atoms with E-state index in [1.807, 2.05) is 6.92 Å². The Balaban J connectivity index is 2.27. The number of rotatable bonds is 0. The molecule has 1 saturated carbocycles. The molecule has 3 atom stereocenters. The zero-order valence-corrected chi connectivity index (χ0v) is 9.04. The van der Waals surface area contributed by atoms with Gasteiger partial charge in [0.05, 0.1) is 12.5 Å². The Hall–Kier alpha value is -0.570. The maximum absolute atomic E-state index is 11.2. The number of hydrogen-bond acceptors (Lipinski definition) is 3. The van der Waals surface area contributed by atoms with Crippen molar-refractivity contribution in [3.8, 4) is 0 Å². The van der Waals surface area contributed by atoms with Crippen molar-refractivity contribution >= 4 is 5.97 Å². The van der Waals surface area contributed by atoms with E-state index in [0.29, 0.717) is 6.42 Å². The van der Waals surface area contributed by atoms with Crippen LogP contribution in [0.25, 0.3) is 0 Å². The van der Waals surface area contributed by atoms with Crippen LogP contribution in [0.15, 0.2) is 0 Å². The van der Waals surface area contributed by atoms with Gasteiger partial charge in [0, 0.05) is 5.41 Å². The van der Waals surface area contributed by atoms with Crippen molar-refractivity contribution in [1.82, 2.24) is 0 Å². The van der Waals surface area contributed by atoms with Gasteiger partial charge >= 0.3 is 5.97 Å². The molecule has 0 bridgehead atoms. The van der Waals surface area contributed by atoms with E-state index in [2.05, 4.69) is 13.8 Å². The number of carbonyl (C=O) groups excluding carboxylic acids is 1. The second-order valence-electron chi connectivity index (χ2n) is 5.85. The number of ether oxygens (including phenoxy) is 1. The molecule has 2 aliphatic rings. The van der Waals surface area contributed by atoms with Crippen molar-refractivity contribution in [3.63, 3.8) is 0 Å². The number of aliphatic hydroxyl groups excluding tert-OH is 1. The summed E-state index contributed by atoms with van der Waals surface area (Å²) in [5, 5.41) is 9.92. The molecular weight excluding hydrogens is 180 g/mol. The first kappa shape index (κ1) is 9.97. The van der Waals surface area contributed by atoms with E-state index in [4.69, 9.17) is 4.74 Å². The molecule has 1 N–H and O–H groups in total. The third-order valence-electron chi connectivity index (χ3n) is 3.49. The molecule has 2 rings (SSSR count). The lowest BCUT2D eigenvalue weighted by Crippen LogP contribution is -2.48. The van der Waals surface area contributed by atoms with Gasteiger partial charge in [0.1, 0.15) is 6.10 Å². The molecule has 0 aromatic rings. The molecule has 3 nitrogen and oxygen atoms in total. The Labute approximate surface area is 84.4 Å². The SMILES string of the molecule is CC1(C)C[C@@H](O)[C@H]2OC(=O)C[C@@]2(C)C1. The third kappa shape index (κ3) is 1.44. The first-order valence-corrected chi connectivity index (χ1v) is 5.20. The summed E-state index contributed by atoms with van der Waals surface area (Å²) in [5.41, 5.74) is -0.0447. The average Bonchev–Trinajstić information content (AvgIpc) is 2.21. The molecule has 0 amide bonds. The minimum absolute atomic E-state index is 0.110. The van der Waals surface area contributed by atoms with Gasteiger partial charge in [0.15, 0.2) is 0 Å². The van der Waals surface area contributed by atoms with Crippen LogP contribution in [0.1, 0.15) is 40.0 Å². The fraction of sp³-hybridized carbons (Fsp3) is 0.909. The van der Waals surface area contributed by atoms with Crippen LogP contribution < -0.4 is 0 Å². The van der Waals surface area contributed by atoms with Gasteiger partial charge in [0.25, 0.3) is 0 Å². The zero-order chi connectivity index (χ0) is 10.6. The standard InChI is InChI=1S/C11H18O3/c1-10(2)4-7(12)9-11(3,6-10)5-8(13)14-9/h7,9,12H,4-6H2,1-3H3/t7-,9-,11+/m1/s1. The number of carbonyl (C=O) groups is 1. The highest BCUT2D eigenvalue weighted by molar-refractivity contribution is 5.73. The fourth-order valence-electron chi connectivity index (χ4n) is 3.30. The van der Waals surface area contributed by atoms with E-state index < -0.39 is 6.10 Å². The lowest BCUT2D eigenvalue weighted by Gasteiger charge is -2.45.